The number of carbonyl (C=O) groups excluding carboxylic acids is 1. The van der Waals surface area contributed by atoms with Crippen molar-refractivity contribution in [1.29, 1.82) is 0 Å². The number of carbonyl (C=O) groups is 1. The summed E-state index contributed by atoms with van der Waals surface area (Å²) in [6.45, 7) is 3.51. The molecule has 1 aromatic carbocycles. The van der Waals surface area contributed by atoms with Crippen LogP contribution in [0.2, 0.25) is 0 Å². The molecule has 0 unspecified atom stereocenters. The van der Waals surface area contributed by atoms with Gasteiger partial charge in [-0.1, -0.05) is 12.1 Å². The van der Waals surface area contributed by atoms with Crippen molar-refractivity contribution in [1.82, 2.24) is 15.3 Å². The van der Waals surface area contributed by atoms with Crippen LogP contribution >= 0.6 is 0 Å². The van der Waals surface area contributed by atoms with E-state index in [0.717, 1.165) is 23.5 Å². The number of hydrogen-bond acceptors (Lipinski definition) is 5. The number of urea groups is 1. The highest BCUT2D eigenvalue weighted by atomic mass is 16.5. The predicted molar refractivity (Wildman–Crippen MR) is 98.0 cm³/mol. The number of rotatable bonds is 8. The lowest BCUT2D eigenvalue weighted by Gasteiger charge is -2.13. The van der Waals surface area contributed by atoms with Gasteiger partial charge < -0.3 is 14.8 Å². The zero-order chi connectivity index (χ0) is 18.4. The fraction of sp³-hybridized carbons (Fsp3) is 0.421. The lowest BCUT2D eigenvalue weighted by atomic mass is 10.1. The molecule has 1 aromatic heterocycles. The average molecular weight is 356 g/mol. The number of nitrogens with one attached hydrogen (secondary N) is 2. The van der Waals surface area contributed by atoms with Gasteiger partial charge in [-0.05, 0) is 37.3 Å². The smallest absolute Gasteiger partial charge is 0.320 e. The lowest BCUT2D eigenvalue weighted by Crippen LogP contribution is -2.28. The highest BCUT2D eigenvalue weighted by Crippen LogP contribution is 2.30. The van der Waals surface area contributed by atoms with E-state index in [0.29, 0.717) is 30.6 Å². The predicted octanol–water partition coefficient (Wildman–Crippen LogP) is 3.04. The van der Waals surface area contributed by atoms with E-state index in [2.05, 4.69) is 20.6 Å². The van der Waals surface area contributed by atoms with Crippen molar-refractivity contribution in [3.05, 3.63) is 47.4 Å². The van der Waals surface area contributed by atoms with Gasteiger partial charge in [0.2, 0.25) is 0 Å². The third kappa shape index (κ3) is 5.42. The number of methoxy groups -OCH3 is 1. The fourth-order valence-corrected chi connectivity index (χ4v) is 2.46. The van der Waals surface area contributed by atoms with Crippen molar-refractivity contribution in [2.75, 3.05) is 19.0 Å². The zero-order valence-corrected chi connectivity index (χ0v) is 15.1. The topological polar surface area (TPSA) is 85.4 Å². The standard InChI is InChI=1S/C19H24N4O3/c1-13-3-6-15(17(7-13)26-10-14-4-5-14)9-20-19(24)23-18-8-16(11-25-2)21-12-22-18/h3,6-8,12,14H,4-5,9-11H2,1-2H3,(H2,20,21,22,23,24). The second-order valence-electron chi connectivity index (χ2n) is 6.50. The number of hydrogen-bond donors (Lipinski definition) is 2. The third-order valence-electron chi connectivity index (χ3n) is 4.09. The third-order valence-corrected chi connectivity index (χ3v) is 4.09. The van der Waals surface area contributed by atoms with Gasteiger partial charge in [-0.2, -0.15) is 0 Å². The molecule has 2 amide bonds. The number of aryl methyl sites for hydroxylation is 1. The summed E-state index contributed by atoms with van der Waals surface area (Å²) < 4.78 is 11.0. The normalized spacial score (nSPS) is 13.3. The van der Waals surface area contributed by atoms with E-state index in [-0.39, 0.29) is 6.03 Å². The number of anilines is 1. The molecule has 1 heterocycles. The Labute approximate surface area is 153 Å². The molecule has 2 N–H and O–H groups in total. The van der Waals surface area contributed by atoms with Gasteiger partial charge in [-0.15, -0.1) is 0 Å². The van der Waals surface area contributed by atoms with Gasteiger partial charge >= 0.3 is 6.03 Å². The second kappa shape index (κ2) is 8.62. The summed E-state index contributed by atoms with van der Waals surface area (Å²) >= 11 is 0. The molecule has 7 nitrogen and oxygen atoms in total. The fourth-order valence-electron chi connectivity index (χ4n) is 2.46. The second-order valence-corrected chi connectivity index (χ2v) is 6.50. The summed E-state index contributed by atoms with van der Waals surface area (Å²) in [5.74, 6) is 1.94. The molecule has 138 valence electrons. The number of amides is 2. The van der Waals surface area contributed by atoms with Crippen molar-refractivity contribution in [2.24, 2.45) is 5.92 Å². The Kier molecular flexibility index (Phi) is 6.01. The van der Waals surface area contributed by atoms with E-state index in [1.807, 2.05) is 25.1 Å². The van der Waals surface area contributed by atoms with Crippen molar-refractivity contribution in [2.45, 2.75) is 32.9 Å². The van der Waals surface area contributed by atoms with Crippen LogP contribution in [0.25, 0.3) is 0 Å². The molecule has 3 rings (SSSR count). The Hall–Kier alpha value is -2.67. The van der Waals surface area contributed by atoms with E-state index < -0.39 is 0 Å². The van der Waals surface area contributed by atoms with Gasteiger partial charge in [0.25, 0.3) is 0 Å². The van der Waals surface area contributed by atoms with Gasteiger partial charge in [0.15, 0.2) is 0 Å². The Bertz CT molecular complexity index is 762. The van der Waals surface area contributed by atoms with E-state index in [4.69, 9.17) is 9.47 Å². The Morgan fingerprint density at radius 3 is 2.88 bits per heavy atom. The average Bonchev–Trinajstić information content (AvgIpc) is 3.44. The van der Waals surface area contributed by atoms with Gasteiger partial charge in [-0.3, -0.25) is 5.32 Å². The molecular formula is C19H24N4O3. The molecule has 0 radical (unpaired) electrons. The molecule has 1 aliphatic carbocycles. The molecule has 26 heavy (non-hydrogen) atoms. The van der Waals surface area contributed by atoms with Crippen LogP contribution in [0.5, 0.6) is 5.75 Å². The van der Waals surface area contributed by atoms with E-state index >= 15 is 0 Å². The maximum atomic E-state index is 12.2. The first-order valence-corrected chi connectivity index (χ1v) is 8.71. The molecule has 0 aliphatic heterocycles. The number of aromatic nitrogens is 2. The summed E-state index contributed by atoms with van der Waals surface area (Å²) in [6, 6.07) is 7.36. The van der Waals surface area contributed by atoms with Crippen molar-refractivity contribution in [3.8, 4) is 5.75 Å². The summed E-state index contributed by atoms with van der Waals surface area (Å²) in [5, 5.41) is 5.54. The maximum Gasteiger partial charge on any atom is 0.320 e. The van der Waals surface area contributed by atoms with Crippen LogP contribution in [0, 0.1) is 12.8 Å². The minimum absolute atomic E-state index is 0.333. The van der Waals surface area contributed by atoms with E-state index in [1.54, 1.807) is 13.2 Å². The first kappa shape index (κ1) is 18.1. The quantitative estimate of drug-likeness (QED) is 0.759. The Morgan fingerprint density at radius 1 is 1.27 bits per heavy atom. The maximum absolute atomic E-state index is 12.2. The SMILES string of the molecule is COCc1cc(NC(=O)NCc2ccc(C)cc2OCC2CC2)ncn1. The van der Waals surface area contributed by atoms with Crippen molar-refractivity contribution in [3.63, 3.8) is 0 Å². The minimum Gasteiger partial charge on any atom is -0.493 e. The summed E-state index contributed by atoms with van der Waals surface area (Å²) in [6.07, 6.45) is 3.88. The molecule has 1 aliphatic rings. The van der Waals surface area contributed by atoms with Crippen LogP contribution < -0.4 is 15.4 Å². The van der Waals surface area contributed by atoms with Crippen molar-refractivity contribution < 1.29 is 14.3 Å². The number of nitrogens with zero attached hydrogens (tertiary/aromatic N) is 2. The Morgan fingerprint density at radius 2 is 2.12 bits per heavy atom. The molecule has 0 atom stereocenters. The lowest BCUT2D eigenvalue weighted by molar-refractivity contribution is 0.181. The summed E-state index contributed by atoms with van der Waals surface area (Å²) in [7, 11) is 1.59. The van der Waals surface area contributed by atoms with Gasteiger partial charge in [0.1, 0.15) is 17.9 Å². The largest absolute Gasteiger partial charge is 0.493 e. The molecule has 1 fully saturated rings. The Balaban J connectivity index is 1.56. The highest BCUT2D eigenvalue weighted by molar-refractivity contribution is 5.88. The van der Waals surface area contributed by atoms with Crippen LogP contribution in [0.15, 0.2) is 30.6 Å². The van der Waals surface area contributed by atoms with Gasteiger partial charge in [0.05, 0.1) is 18.9 Å². The monoisotopic (exact) mass is 356 g/mol. The van der Waals surface area contributed by atoms with Crippen LogP contribution in [-0.2, 0) is 17.9 Å². The summed E-state index contributed by atoms with van der Waals surface area (Å²) in [5.41, 5.74) is 2.79. The molecule has 0 saturated heterocycles. The van der Waals surface area contributed by atoms with Crippen LogP contribution in [0.1, 0.15) is 29.7 Å². The summed E-state index contributed by atoms with van der Waals surface area (Å²) in [4.78, 5) is 20.3. The van der Waals surface area contributed by atoms with E-state index in [9.17, 15) is 4.79 Å². The first-order chi connectivity index (χ1) is 12.6. The first-order valence-electron chi connectivity index (χ1n) is 8.71. The molecular weight excluding hydrogens is 332 g/mol. The molecule has 1 saturated carbocycles. The molecule has 0 bridgehead atoms. The molecule has 7 heteroatoms. The van der Waals surface area contributed by atoms with Crippen LogP contribution in [0.3, 0.4) is 0 Å². The zero-order valence-electron chi connectivity index (χ0n) is 15.1. The minimum atomic E-state index is -0.333. The number of benzene rings is 1. The highest BCUT2D eigenvalue weighted by Gasteiger charge is 2.22. The number of ether oxygens (including phenoxy) is 2. The molecule has 0 spiro atoms. The van der Waals surface area contributed by atoms with Gasteiger partial charge in [-0.25, -0.2) is 14.8 Å². The van der Waals surface area contributed by atoms with Gasteiger partial charge in [0, 0.05) is 25.3 Å². The van der Waals surface area contributed by atoms with E-state index in [1.165, 1.54) is 19.2 Å². The molecule has 2 aromatic rings. The van der Waals surface area contributed by atoms with Crippen LogP contribution in [-0.4, -0.2) is 29.7 Å². The van der Waals surface area contributed by atoms with Crippen LogP contribution in [0.4, 0.5) is 10.6 Å². The van der Waals surface area contributed by atoms with Crippen molar-refractivity contribution >= 4 is 11.8 Å².